The van der Waals surface area contributed by atoms with E-state index < -0.39 is 11.6 Å². The molecule has 7 nitrogen and oxygen atoms in total. The molecule has 0 aliphatic carbocycles. The van der Waals surface area contributed by atoms with E-state index in [0.717, 1.165) is 0 Å². The molecule has 31 heavy (non-hydrogen) atoms. The molecular formula is C22H14Cl2O7. The van der Waals surface area contributed by atoms with Crippen LogP contribution < -0.4 is 14.2 Å². The van der Waals surface area contributed by atoms with Crippen molar-refractivity contribution in [3.05, 3.63) is 68.7 Å². The number of aromatic hydroxyl groups is 2. The number of hydrogen-bond acceptors (Lipinski definition) is 7. The predicted molar refractivity (Wildman–Crippen MR) is 111 cm³/mol. The van der Waals surface area contributed by atoms with Crippen molar-refractivity contribution < 1.29 is 34.0 Å². The van der Waals surface area contributed by atoms with Crippen molar-refractivity contribution in [3.8, 4) is 34.5 Å². The number of carbonyl (C=O) groups excluding carboxylic acids is 1. The minimum absolute atomic E-state index is 0.0529. The molecule has 0 fully saturated rings. The zero-order valence-corrected chi connectivity index (χ0v) is 17.7. The maximum atomic E-state index is 13.1. The topological polar surface area (TPSA) is 94.5 Å². The predicted octanol–water partition coefficient (Wildman–Crippen LogP) is 4.99. The molecule has 0 aromatic heterocycles. The van der Waals surface area contributed by atoms with Gasteiger partial charge in [0.15, 0.2) is 28.6 Å². The number of fused-ring (bicyclic) bond motifs is 6. The Morgan fingerprint density at radius 2 is 1.39 bits per heavy atom. The molecule has 0 bridgehead atoms. The van der Waals surface area contributed by atoms with E-state index in [2.05, 4.69) is 0 Å². The molecule has 2 N–H and O–H groups in total. The zero-order valence-electron chi connectivity index (χ0n) is 16.2. The summed E-state index contributed by atoms with van der Waals surface area (Å²) in [6, 6.07) is 9.21. The quantitative estimate of drug-likeness (QED) is 0.520. The number of benzene rings is 3. The number of esters is 1. The van der Waals surface area contributed by atoms with E-state index in [1.807, 2.05) is 0 Å². The molecule has 0 saturated carbocycles. The Labute approximate surface area is 186 Å². The van der Waals surface area contributed by atoms with Gasteiger partial charge in [0.2, 0.25) is 0 Å². The summed E-state index contributed by atoms with van der Waals surface area (Å²) in [5.74, 6) is -0.437. The number of phenols is 2. The van der Waals surface area contributed by atoms with Gasteiger partial charge in [-0.2, -0.15) is 0 Å². The molecule has 0 unspecified atom stereocenters. The van der Waals surface area contributed by atoms with Crippen LogP contribution in [0.4, 0.5) is 0 Å². The Morgan fingerprint density at radius 3 is 1.90 bits per heavy atom. The highest BCUT2D eigenvalue weighted by Crippen LogP contribution is 2.61. The molecule has 0 atom stereocenters. The van der Waals surface area contributed by atoms with Crippen LogP contribution in [0, 0.1) is 0 Å². The Kier molecular flexibility index (Phi) is 4.19. The van der Waals surface area contributed by atoms with Gasteiger partial charge in [0.05, 0.1) is 14.2 Å². The van der Waals surface area contributed by atoms with Gasteiger partial charge in [0.1, 0.15) is 27.1 Å². The van der Waals surface area contributed by atoms with Gasteiger partial charge in [0, 0.05) is 16.7 Å². The molecule has 3 aromatic carbocycles. The molecule has 3 aromatic rings. The summed E-state index contributed by atoms with van der Waals surface area (Å²) in [5, 5.41) is 20.1. The smallest absolute Gasteiger partial charge is 0.344 e. The molecule has 9 heteroatoms. The van der Waals surface area contributed by atoms with Crippen molar-refractivity contribution in [2.45, 2.75) is 5.60 Å². The van der Waals surface area contributed by atoms with Gasteiger partial charge in [-0.25, -0.2) is 4.79 Å². The second-order valence-electron chi connectivity index (χ2n) is 6.95. The van der Waals surface area contributed by atoms with Crippen LogP contribution in [0.25, 0.3) is 0 Å². The molecular weight excluding hydrogens is 447 g/mol. The lowest BCUT2D eigenvalue weighted by molar-refractivity contribution is 0.0223. The second kappa shape index (κ2) is 6.60. The van der Waals surface area contributed by atoms with Crippen LogP contribution in [0.3, 0.4) is 0 Å². The van der Waals surface area contributed by atoms with E-state index in [4.69, 9.17) is 42.1 Å². The lowest BCUT2D eigenvalue weighted by Gasteiger charge is -2.37. The van der Waals surface area contributed by atoms with Crippen molar-refractivity contribution in [1.29, 1.82) is 0 Å². The summed E-state index contributed by atoms with van der Waals surface area (Å²) in [6.07, 6.45) is 0. The summed E-state index contributed by atoms with van der Waals surface area (Å²) in [4.78, 5) is 13.1. The fraction of sp³-hybridized carbons (Fsp3) is 0.136. The Bertz CT molecular complexity index is 1230. The van der Waals surface area contributed by atoms with E-state index in [1.54, 1.807) is 24.3 Å². The minimum atomic E-state index is -1.51. The van der Waals surface area contributed by atoms with Crippen LogP contribution in [0.2, 0.25) is 10.0 Å². The largest absolute Gasteiger partial charge is 0.506 e. The Morgan fingerprint density at radius 1 is 0.839 bits per heavy atom. The molecule has 2 aliphatic rings. The Balaban J connectivity index is 1.94. The summed E-state index contributed by atoms with van der Waals surface area (Å²) < 4.78 is 22.7. The van der Waals surface area contributed by atoms with Crippen LogP contribution >= 0.6 is 23.2 Å². The van der Waals surface area contributed by atoms with Crippen LogP contribution in [0.5, 0.6) is 34.5 Å². The van der Waals surface area contributed by atoms with Gasteiger partial charge in [-0.3, -0.25) is 0 Å². The van der Waals surface area contributed by atoms with E-state index in [-0.39, 0.29) is 44.4 Å². The average Bonchev–Trinajstić information content (AvgIpc) is 3.06. The van der Waals surface area contributed by atoms with E-state index in [0.29, 0.717) is 22.4 Å². The minimum Gasteiger partial charge on any atom is -0.506 e. The number of halogens is 2. The highest BCUT2D eigenvalue weighted by molar-refractivity contribution is 6.34. The van der Waals surface area contributed by atoms with Crippen molar-refractivity contribution in [2.75, 3.05) is 14.2 Å². The maximum absolute atomic E-state index is 13.1. The highest BCUT2D eigenvalue weighted by Gasteiger charge is 2.56. The van der Waals surface area contributed by atoms with E-state index in [9.17, 15) is 15.0 Å². The van der Waals surface area contributed by atoms with Crippen LogP contribution in [-0.2, 0) is 10.3 Å². The fourth-order valence-electron chi connectivity index (χ4n) is 4.16. The Hall–Kier alpha value is -3.29. The molecule has 0 radical (unpaired) electrons. The summed E-state index contributed by atoms with van der Waals surface area (Å²) in [5.41, 5.74) is -0.130. The number of rotatable bonds is 2. The number of phenolic OH excluding ortho intramolecular Hbond substituents is 2. The van der Waals surface area contributed by atoms with Crippen LogP contribution in [0.15, 0.2) is 36.4 Å². The summed E-state index contributed by atoms with van der Waals surface area (Å²) in [6.45, 7) is 0. The van der Waals surface area contributed by atoms with Crippen LogP contribution in [-0.4, -0.2) is 30.4 Å². The van der Waals surface area contributed by atoms with E-state index in [1.165, 1.54) is 26.4 Å². The number of methoxy groups -OCH3 is 2. The third-order valence-corrected chi connectivity index (χ3v) is 6.22. The average molecular weight is 461 g/mol. The first-order chi connectivity index (χ1) is 14.8. The fourth-order valence-corrected chi connectivity index (χ4v) is 4.57. The van der Waals surface area contributed by atoms with Gasteiger partial charge >= 0.3 is 5.97 Å². The van der Waals surface area contributed by atoms with E-state index >= 15 is 0 Å². The normalized spacial score (nSPS) is 14.9. The number of carbonyl (C=O) groups is 1. The van der Waals surface area contributed by atoms with Crippen LogP contribution in [0.1, 0.15) is 27.0 Å². The number of hydrogen-bond donors (Lipinski definition) is 2. The molecule has 0 amide bonds. The van der Waals surface area contributed by atoms with Crippen molar-refractivity contribution in [3.63, 3.8) is 0 Å². The molecule has 5 rings (SSSR count). The molecule has 1 spiro atoms. The van der Waals surface area contributed by atoms with Gasteiger partial charge in [-0.05, 0) is 36.4 Å². The third kappa shape index (κ3) is 2.38. The molecule has 2 heterocycles. The van der Waals surface area contributed by atoms with Gasteiger partial charge < -0.3 is 29.2 Å². The third-order valence-electron chi connectivity index (χ3n) is 5.49. The zero-order chi connectivity index (χ0) is 22.1. The van der Waals surface area contributed by atoms with Gasteiger partial charge in [0.25, 0.3) is 0 Å². The molecule has 0 saturated heterocycles. The van der Waals surface area contributed by atoms with Gasteiger partial charge in [-0.1, -0.05) is 23.2 Å². The highest BCUT2D eigenvalue weighted by atomic mass is 35.5. The van der Waals surface area contributed by atoms with Gasteiger partial charge in [-0.15, -0.1) is 0 Å². The monoisotopic (exact) mass is 460 g/mol. The SMILES string of the molecule is COc1ccc2c(c1OC)C(=O)OC21c2ccc(O)c(Cl)c2Oc2c1ccc(O)c2Cl. The van der Waals surface area contributed by atoms with Crippen molar-refractivity contribution in [1.82, 2.24) is 0 Å². The summed E-state index contributed by atoms with van der Waals surface area (Å²) >= 11 is 12.7. The first-order valence-corrected chi connectivity index (χ1v) is 9.81. The summed E-state index contributed by atoms with van der Waals surface area (Å²) in [7, 11) is 2.89. The first kappa shape index (κ1) is 19.7. The standard InChI is InChI=1S/C22H14Cl2O7/c1-28-14-8-5-9-15(20(14)29-2)21(27)31-22(9)10-3-6-12(25)16(23)18(10)30-19-11(22)4-7-13(26)17(19)24/h3-8,25-26H,1-2H3. The van der Waals surface area contributed by atoms with Crippen molar-refractivity contribution >= 4 is 29.2 Å². The lowest BCUT2D eigenvalue weighted by atomic mass is 9.77. The maximum Gasteiger partial charge on any atom is 0.344 e. The second-order valence-corrected chi connectivity index (χ2v) is 7.70. The lowest BCUT2D eigenvalue weighted by Crippen LogP contribution is -2.33. The van der Waals surface area contributed by atoms with Crippen molar-refractivity contribution in [2.24, 2.45) is 0 Å². The molecule has 2 aliphatic heterocycles. The molecule has 158 valence electrons. The number of ether oxygens (including phenoxy) is 4. The first-order valence-electron chi connectivity index (χ1n) is 9.05.